The normalized spacial score (nSPS) is 17.4. The van der Waals surface area contributed by atoms with E-state index in [-0.39, 0.29) is 23.8 Å². The number of rotatable bonds is 10. The third-order valence-electron chi connectivity index (χ3n) is 6.04. The molecule has 2 aromatic rings. The molecule has 1 aromatic carbocycles. The lowest BCUT2D eigenvalue weighted by molar-refractivity contribution is -0.128. The summed E-state index contributed by atoms with van der Waals surface area (Å²) in [4.78, 5) is 27.6. The van der Waals surface area contributed by atoms with Gasteiger partial charge in [-0.2, -0.15) is 0 Å². The molecule has 6 heteroatoms. The Bertz CT molecular complexity index is 1030. The van der Waals surface area contributed by atoms with Crippen molar-refractivity contribution in [1.29, 1.82) is 0 Å². The van der Waals surface area contributed by atoms with Crippen LogP contribution in [0.4, 0.5) is 0 Å². The summed E-state index contributed by atoms with van der Waals surface area (Å²) in [6.45, 7) is 2.66. The maximum absolute atomic E-state index is 12.4. The number of ether oxygens (including phenoxy) is 1. The van der Waals surface area contributed by atoms with Crippen LogP contribution in [0, 0.1) is 17.8 Å². The molecule has 0 unspecified atom stereocenters. The summed E-state index contributed by atoms with van der Waals surface area (Å²) >= 11 is 1.44. The zero-order valence-electron chi connectivity index (χ0n) is 19.9. The molecule has 180 valence electrons. The summed E-state index contributed by atoms with van der Waals surface area (Å²) in [5.41, 5.74) is 1.19. The second-order valence-electron chi connectivity index (χ2n) is 8.63. The van der Waals surface area contributed by atoms with Gasteiger partial charge in [-0.15, -0.1) is 17.3 Å². The van der Waals surface area contributed by atoms with E-state index in [4.69, 9.17) is 4.74 Å². The SMILES string of the molecule is COC(=O)c1ccc(CCCN2C(=O)CC[C@@H]2C=C[C@H](O)[C@@H](C)CC#CCc2ccccc2)s1. The number of likely N-dealkylation sites (tertiary alicyclic amines) is 1. The number of aliphatic hydroxyl groups is 1. The van der Waals surface area contributed by atoms with Gasteiger partial charge in [-0.05, 0) is 42.9 Å². The number of hydrogen-bond acceptors (Lipinski definition) is 5. The lowest BCUT2D eigenvalue weighted by atomic mass is 9.99. The average Bonchev–Trinajstić information content (AvgIpc) is 3.47. The lowest BCUT2D eigenvalue weighted by Crippen LogP contribution is -2.33. The second kappa shape index (κ2) is 13.1. The van der Waals surface area contributed by atoms with E-state index in [2.05, 4.69) is 24.0 Å². The Morgan fingerprint density at radius 3 is 2.82 bits per heavy atom. The maximum atomic E-state index is 12.4. The van der Waals surface area contributed by atoms with Crippen molar-refractivity contribution in [3.05, 3.63) is 69.9 Å². The number of aliphatic hydroxyl groups excluding tert-OH is 1. The molecule has 0 bridgehead atoms. The maximum Gasteiger partial charge on any atom is 0.348 e. The molecular formula is C28H33NO4S. The van der Waals surface area contributed by atoms with Crippen LogP contribution < -0.4 is 0 Å². The molecule has 0 saturated carbocycles. The highest BCUT2D eigenvalue weighted by molar-refractivity contribution is 7.13. The number of carbonyl (C=O) groups excluding carboxylic acids is 2. The highest BCUT2D eigenvalue weighted by Crippen LogP contribution is 2.23. The predicted octanol–water partition coefficient (Wildman–Crippen LogP) is 4.65. The summed E-state index contributed by atoms with van der Waals surface area (Å²) in [7, 11) is 1.38. The molecule has 1 aliphatic heterocycles. The molecule has 0 aliphatic carbocycles. The Morgan fingerprint density at radius 1 is 1.26 bits per heavy atom. The fourth-order valence-electron chi connectivity index (χ4n) is 3.94. The van der Waals surface area contributed by atoms with Crippen LogP contribution in [-0.4, -0.2) is 47.7 Å². The van der Waals surface area contributed by atoms with Gasteiger partial charge in [-0.25, -0.2) is 4.79 Å². The number of methoxy groups -OCH3 is 1. The van der Waals surface area contributed by atoms with Crippen LogP contribution in [0.5, 0.6) is 0 Å². The molecule has 0 radical (unpaired) electrons. The number of benzene rings is 1. The first-order valence-electron chi connectivity index (χ1n) is 11.8. The number of aryl methyl sites for hydroxylation is 1. The summed E-state index contributed by atoms with van der Waals surface area (Å²) in [5.74, 6) is 6.23. The van der Waals surface area contributed by atoms with Crippen molar-refractivity contribution in [3.8, 4) is 11.8 Å². The highest BCUT2D eigenvalue weighted by atomic mass is 32.1. The minimum atomic E-state index is -0.591. The van der Waals surface area contributed by atoms with Crippen molar-refractivity contribution in [2.24, 2.45) is 5.92 Å². The standard InChI is InChI=1S/C28H33NO4S/c1-21(9-6-7-12-22-10-4-3-5-11-22)25(30)17-14-23-15-19-27(31)29(23)20-8-13-24-16-18-26(34-24)28(32)33-2/h3-5,10-11,14,16-18,21,23,25,30H,8-9,12-13,15,19-20H2,1-2H3/t21-,23-,25-/m0/s1. The van der Waals surface area contributed by atoms with Gasteiger partial charge in [-0.1, -0.05) is 55.3 Å². The smallest absolute Gasteiger partial charge is 0.348 e. The zero-order valence-corrected chi connectivity index (χ0v) is 20.7. The van der Waals surface area contributed by atoms with Gasteiger partial charge in [-0.3, -0.25) is 4.79 Å². The number of thiophene rings is 1. The van der Waals surface area contributed by atoms with Crippen molar-refractivity contribution >= 4 is 23.2 Å². The summed E-state index contributed by atoms with van der Waals surface area (Å²) in [6.07, 6.45) is 7.50. The van der Waals surface area contributed by atoms with E-state index < -0.39 is 6.10 Å². The molecule has 0 spiro atoms. The van der Waals surface area contributed by atoms with Gasteiger partial charge in [0.15, 0.2) is 0 Å². The van der Waals surface area contributed by atoms with E-state index in [1.807, 2.05) is 48.2 Å². The third-order valence-corrected chi connectivity index (χ3v) is 7.17. The van der Waals surface area contributed by atoms with Crippen LogP contribution in [0.2, 0.25) is 0 Å². The van der Waals surface area contributed by atoms with Gasteiger partial charge in [0.05, 0.1) is 19.3 Å². The van der Waals surface area contributed by atoms with Gasteiger partial charge in [0, 0.05) is 30.7 Å². The molecule has 1 saturated heterocycles. The average molecular weight is 480 g/mol. The number of nitrogens with zero attached hydrogens (tertiary/aromatic N) is 1. The fraction of sp³-hybridized carbons (Fsp3) is 0.429. The third kappa shape index (κ3) is 7.58. The molecule has 1 fully saturated rings. The monoisotopic (exact) mass is 479 g/mol. The topological polar surface area (TPSA) is 66.8 Å². The molecule has 1 amide bonds. The molecular weight excluding hydrogens is 446 g/mol. The molecule has 1 N–H and O–H groups in total. The van der Waals surface area contributed by atoms with Gasteiger partial charge in [0.25, 0.3) is 0 Å². The molecule has 3 rings (SSSR count). The molecule has 5 nitrogen and oxygen atoms in total. The first-order valence-corrected chi connectivity index (χ1v) is 12.6. The molecule has 2 heterocycles. The van der Waals surface area contributed by atoms with E-state index in [0.29, 0.717) is 30.7 Å². The van der Waals surface area contributed by atoms with E-state index in [1.54, 1.807) is 6.07 Å². The highest BCUT2D eigenvalue weighted by Gasteiger charge is 2.28. The van der Waals surface area contributed by atoms with Gasteiger partial charge in [0.2, 0.25) is 5.91 Å². The first-order chi connectivity index (χ1) is 16.5. The zero-order chi connectivity index (χ0) is 24.3. The molecule has 34 heavy (non-hydrogen) atoms. The number of hydrogen-bond donors (Lipinski definition) is 1. The quantitative estimate of drug-likeness (QED) is 0.306. The van der Waals surface area contributed by atoms with E-state index >= 15 is 0 Å². The Kier molecular flexibility index (Phi) is 9.93. The summed E-state index contributed by atoms with van der Waals surface area (Å²) < 4.78 is 4.76. The minimum Gasteiger partial charge on any atom is -0.465 e. The first kappa shape index (κ1) is 25.7. The molecule has 1 aromatic heterocycles. The Labute approximate surface area is 206 Å². The van der Waals surface area contributed by atoms with Crippen LogP contribution in [0.3, 0.4) is 0 Å². The van der Waals surface area contributed by atoms with Gasteiger partial charge < -0.3 is 14.7 Å². The number of esters is 1. The van der Waals surface area contributed by atoms with Crippen molar-refractivity contribution in [1.82, 2.24) is 4.90 Å². The van der Waals surface area contributed by atoms with Crippen molar-refractivity contribution < 1.29 is 19.4 Å². The van der Waals surface area contributed by atoms with Crippen LogP contribution in [0.1, 0.15) is 52.7 Å². The summed E-state index contributed by atoms with van der Waals surface area (Å²) in [6, 6.07) is 13.9. The van der Waals surface area contributed by atoms with E-state index in [1.165, 1.54) is 24.0 Å². The largest absolute Gasteiger partial charge is 0.465 e. The number of carbonyl (C=O) groups is 2. The van der Waals surface area contributed by atoms with Gasteiger partial charge >= 0.3 is 5.97 Å². The number of amides is 1. The molecule has 3 atom stereocenters. The van der Waals surface area contributed by atoms with Crippen molar-refractivity contribution in [3.63, 3.8) is 0 Å². The van der Waals surface area contributed by atoms with Crippen LogP contribution >= 0.6 is 11.3 Å². The lowest BCUT2D eigenvalue weighted by Gasteiger charge is -2.23. The van der Waals surface area contributed by atoms with Crippen LogP contribution in [0.25, 0.3) is 0 Å². The molecule has 1 aliphatic rings. The Balaban J connectivity index is 1.44. The second-order valence-corrected chi connectivity index (χ2v) is 9.80. The summed E-state index contributed by atoms with van der Waals surface area (Å²) in [5, 5.41) is 10.5. The predicted molar refractivity (Wildman–Crippen MR) is 136 cm³/mol. The van der Waals surface area contributed by atoms with Crippen molar-refractivity contribution in [2.75, 3.05) is 13.7 Å². The van der Waals surface area contributed by atoms with Crippen molar-refractivity contribution in [2.45, 2.75) is 57.6 Å². The Hall–Kier alpha value is -2.88. The van der Waals surface area contributed by atoms with E-state index in [0.717, 1.165) is 24.1 Å². The van der Waals surface area contributed by atoms with Gasteiger partial charge in [0.1, 0.15) is 4.88 Å². The van der Waals surface area contributed by atoms with Crippen LogP contribution in [0.15, 0.2) is 54.6 Å². The fourth-order valence-corrected chi connectivity index (χ4v) is 4.91. The van der Waals surface area contributed by atoms with Crippen LogP contribution in [-0.2, 0) is 22.4 Å². The van der Waals surface area contributed by atoms with E-state index in [9.17, 15) is 14.7 Å². The minimum absolute atomic E-state index is 0.0208. The Morgan fingerprint density at radius 2 is 2.06 bits per heavy atom.